The van der Waals surface area contributed by atoms with Gasteiger partial charge in [0.2, 0.25) is 0 Å². The highest BCUT2D eigenvalue weighted by molar-refractivity contribution is 6.01. The van der Waals surface area contributed by atoms with E-state index in [0.29, 0.717) is 28.2 Å². The Morgan fingerprint density at radius 2 is 1.68 bits per heavy atom. The van der Waals surface area contributed by atoms with E-state index in [1.54, 1.807) is 13.0 Å². The lowest BCUT2D eigenvalue weighted by Gasteiger charge is -2.16. The summed E-state index contributed by atoms with van der Waals surface area (Å²) < 4.78 is 0. The van der Waals surface area contributed by atoms with E-state index < -0.39 is 0 Å². The fourth-order valence-corrected chi connectivity index (χ4v) is 2.40. The van der Waals surface area contributed by atoms with Gasteiger partial charge in [0.1, 0.15) is 5.75 Å². The first-order chi connectivity index (χ1) is 8.88. The van der Waals surface area contributed by atoms with Crippen LogP contribution in [-0.4, -0.2) is 21.6 Å². The summed E-state index contributed by atoms with van der Waals surface area (Å²) in [6, 6.07) is 3.02. The van der Waals surface area contributed by atoms with E-state index in [1.165, 1.54) is 6.07 Å². The van der Waals surface area contributed by atoms with Crippen molar-refractivity contribution < 1.29 is 20.1 Å². The number of fused-ring (bicyclic) bond motifs is 1. The molecule has 100 valence electrons. The van der Waals surface area contributed by atoms with Gasteiger partial charge in [-0.1, -0.05) is 19.9 Å². The van der Waals surface area contributed by atoms with Crippen molar-refractivity contribution in [2.75, 3.05) is 0 Å². The van der Waals surface area contributed by atoms with Crippen LogP contribution < -0.4 is 0 Å². The molecule has 0 aromatic heterocycles. The van der Waals surface area contributed by atoms with Gasteiger partial charge < -0.3 is 15.3 Å². The van der Waals surface area contributed by atoms with E-state index in [9.17, 15) is 20.1 Å². The molecule has 0 spiro atoms. The summed E-state index contributed by atoms with van der Waals surface area (Å²) in [6.45, 7) is 5.48. The van der Waals surface area contributed by atoms with Crippen LogP contribution in [0.3, 0.4) is 0 Å². The first-order valence-electron chi connectivity index (χ1n) is 6.04. The molecule has 0 heterocycles. The minimum atomic E-state index is -0.299. The van der Waals surface area contributed by atoms with Gasteiger partial charge in [0.05, 0.1) is 5.56 Å². The number of carbonyl (C=O) groups is 1. The minimum absolute atomic E-state index is 0.0320. The van der Waals surface area contributed by atoms with Gasteiger partial charge in [-0.25, -0.2) is 0 Å². The van der Waals surface area contributed by atoms with Crippen LogP contribution in [0.1, 0.15) is 41.3 Å². The average Bonchev–Trinajstić information content (AvgIpc) is 2.32. The third-order valence-electron chi connectivity index (χ3n) is 3.35. The number of carbonyl (C=O) groups excluding carboxylic acids is 1. The topological polar surface area (TPSA) is 77.8 Å². The molecule has 4 heteroatoms. The lowest BCUT2D eigenvalue weighted by atomic mass is 9.91. The van der Waals surface area contributed by atoms with Crippen LogP contribution in [0.5, 0.6) is 17.2 Å². The molecular formula is C15H16O4. The second-order valence-corrected chi connectivity index (χ2v) is 4.98. The standard InChI is InChI=1S/C15H16O4/c1-7(2)13-9-4-8(3)11(6-16)14(18)10(9)5-12(17)15(13)19/h4-7,17-19H,1-3H3. The minimum Gasteiger partial charge on any atom is -0.507 e. The summed E-state index contributed by atoms with van der Waals surface area (Å²) in [5, 5.41) is 30.9. The van der Waals surface area contributed by atoms with Crippen molar-refractivity contribution in [3.8, 4) is 17.2 Å². The van der Waals surface area contributed by atoms with E-state index in [4.69, 9.17) is 0 Å². The average molecular weight is 260 g/mol. The van der Waals surface area contributed by atoms with E-state index in [0.717, 1.165) is 0 Å². The van der Waals surface area contributed by atoms with Crippen LogP contribution in [-0.2, 0) is 0 Å². The van der Waals surface area contributed by atoms with Gasteiger partial charge in [0.15, 0.2) is 17.8 Å². The smallest absolute Gasteiger partial charge is 0.161 e. The van der Waals surface area contributed by atoms with Crippen molar-refractivity contribution in [1.82, 2.24) is 0 Å². The maximum atomic E-state index is 11.0. The number of aldehydes is 1. The molecule has 0 amide bonds. The Hall–Kier alpha value is -2.23. The number of aromatic hydroxyl groups is 3. The largest absolute Gasteiger partial charge is 0.507 e. The van der Waals surface area contributed by atoms with Crippen molar-refractivity contribution in [3.63, 3.8) is 0 Å². The Labute approximate surface area is 110 Å². The summed E-state index contributed by atoms with van der Waals surface area (Å²) in [7, 11) is 0. The van der Waals surface area contributed by atoms with Crippen LogP contribution in [0.2, 0.25) is 0 Å². The van der Waals surface area contributed by atoms with E-state index in [1.807, 2.05) is 13.8 Å². The normalized spacial score (nSPS) is 11.2. The highest BCUT2D eigenvalue weighted by Crippen LogP contribution is 2.44. The fourth-order valence-electron chi connectivity index (χ4n) is 2.40. The van der Waals surface area contributed by atoms with Gasteiger partial charge in [-0.15, -0.1) is 0 Å². The Balaban J connectivity index is 3.03. The van der Waals surface area contributed by atoms with Crippen molar-refractivity contribution in [2.45, 2.75) is 26.7 Å². The first kappa shape index (κ1) is 13.2. The monoisotopic (exact) mass is 260 g/mol. The van der Waals surface area contributed by atoms with Gasteiger partial charge >= 0.3 is 0 Å². The Bertz CT molecular complexity index is 672. The van der Waals surface area contributed by atoms with Gasteiger partial charge in [-0.05, 0) is 29.9 Å². The van der Waals surface area contributed by atoms with Crippen LogP contribution in [0.15, 0.2) is 12.1 Å². The van der Waals surface area contributed by atoms with E-state index >= 15 is 0 Å². The molecule has 4 nitrogen and oxygen atoms in total. The molecule has 0 aliphatic heterocycles. The Kier molecular flexibility index (Phi) is 3.10. The number of phenolic OH excluding ortho intramolecular Hbond substituents is 3. The Morgan fingerprint density at radius 3 is 2.21 bits per heavy atom. The third kappa shape index (κ3) is 1.89. The molecule has 0 atom stereocenters. The molecule has 0 saturated carbocycles. The number of benzene rings is 2. The second-order valence-electron chi connectivity index (χ2n) is 4.98. The lowest BCUT2D eigenvalue weighted by molar-refractivity contribution is 0.112. The maximum absolute atomic E-state index is 11.0. The molecule has 19 heavy (non-hydrogen) atoms. The molecule has 0 unspecified atom stereocenters. The molecule has 0 fully saturated rings. The highest BCUT2D eigenvalue weighted by atomic mass is 16.3. The zero-order chi connectivity index (χ0) is 14.3. The zero-order valence-electron chi connectivity index (χ0n) is 11.1. The summed E-state index contributed by atoms with van der Waals surface area (Å²) in [4.78, 5) is 11.0. The predicted molar refractivity (Wildman–Crippen MR) is 73.2 cm³/mol. The number of rotatable bonds is 2. The molecule has 0 aliphatic carbocycles. The van der Waals surface area contributed by atoms with Crippen molar-refractivity contribution in [2.24, 2.45) is 0 Å². The fraction of sp³-hybridized carbons (Fsp3) is 0.267. The molecule has 3 N–H and O–H groups in total. The molecule has 2 rings (SSSR count). The summed E-state index contributed by atoms with van der Waals surface area (Å²) in [6.07, 6.45) is 0.586. The molecule has 0 saturated heterocycles. The summed E-state index contributed by atoms with van der Waals surface area (Å²) in [5.41, 5.74) is 1.39. The number of hydrogen-bond acceptors (Lipinski definition) is 4. The van der Waals surface area contributed by atoms with E-state index in [2.05, 4.69) is 0 Å². The van der Waals surface area contributed by atoms with Crippen LogP contribution in [0.4, 0.5) is 0 Å². The Morgan fingerprint density at radius 1 is 1.05 bits per heavy atom. The molecular weight excluding hydrogens is 244 g/mol. The number of aryl methyl sites for hydroxylation is 1. The maximum Gasteiger partial charge on any atom is 0.161 e. The number of hydrogen-bond donors (Lipinski definition) is 3. The SMILES string of the molecule is Cc1cc2c(C(C)C)c(O)c(O)cc2c(O)c1C=O. The van der Waals surface area contributed by atoms with E-state index in [-0.39, 0.29) is 28.7 Å². The van der Waals surface area contributed by atoms with Crippen molar-refractivity contribution >= 4 is 17.1 Å². The van der Waals surface area contributed by atoms with Crippen LogP contribution >= 0.6 is 0 Å². The quantitative estimate of drug-likeness (QED) is 0.572. The van der Waals surface area contributed by atoms with Crippen molar-refractivity contribution in [1.29, 1.82) is 0 Å². The summed E-state index contributed by atoms with van der Waals surface area (Å²) in [5.74, 6) is -0.676. The molecule has 0 radical (unpaired) electrons. The van der Waals surface area contributed by atoms with Crippen LogP contribution in [0, 0.1) is 6.92 Å². The third-order valence-corrected chi connectivity index (χ3v) is 3.35. The van der Waals surface area contributed by atoms with Crippen molar-refractivity contribution in [3.05, 3.63) is 28.8 Å². The lowest BCUT2D eigenvalue weighted by Crippen LogP contribution is -1.95. The highest BCUT2D eigenvalue weighted by Gasteiger charge is 2.19. The predicted octanol–water partition coefficient (Wildman–Crippen LogP) is 3.20. The van der Waals surface area contributed by atoms with Gasteiger partial charge in [0, 0.05) is 10.9 Å². The first-order valence-corrected chi connectivity index (χ1v) is 6.04. The number of phenols is 3. The van der Waals surface area contributed by atoms with Gasteiger partial charge in [-0.3, -0.25) is 4.79 Å². The summed E-state index contributed by atoms with van der Waals surface area (Å²) >= 11 is 0. The van der Waals surface area contributed by atoms with Gasteiger partial charge in [-0.2, -0.15) is 0 Å². The van der Waals surface area contributed by atoms with Crippen LogP contribution in [0.25, 0.3) is 10.8 Å². The molecule has 0 bridgehead atoms. The molecule has 2 aromatic rings. The zero-order valence-corrected chi connectivity index (χ0v) is 11.1. The molecule has 2 aromatic carbocycles. The second kappa shape index (κ2) is 4.46. The molecule has 0 aliphatic rings. The van der Waals surface area contributed by atoms with Gasteiger partial charge in [0.25, 0.3) is 0 Å².